The molecule has 2 rings (SSSR count). The lowest BCUT2D eigenvalue weighted by molar-refractivity contribution is -0.119. The Bertz CT molecular complexity index is 490. The fraction of sp³-hybridized carbons (Fsp3) is 0.429. The van der Waals surface area contributed by atoms with Crippen molar-refractivity contribution in [2.24, 2.45) is 5.73 Å². The van der Waals surface area contributed by atoms with Gasteiger partial charge in [-0.2, -0.15) is 0 Å². The van der Waals surface area contributed by atoms with Crippen LogP contribution in [0.2, 0.25) is 5.02 Å². The van der Waals surface area contributed by atoms with Crippen molar-refractivity contribution in [2.45, 2.75) is 31.7 Å². The first kappa shape index (κ1) is 14.7. The molecule has 3 amide bonds. The Hall–Kier alpha value is -1.75. The van der Waals surface area contributed by atoms with Gasteiger partial charge in [-0.25, -0.2) is 4.79 Å². The van der Waals surface area contributed by atoms with E-state index in [9.17, 15) is 9.59 Å². The van der Waals surface area contributed by atoms with Crippen molar-refractivity contribution in [1.82, 2.24) is 4.90 Å². The molecule has 6 heteroatoms. The van der Waals surface area contributed by atoms with Gasteiger partial charge in [0, 0.05) is 29.7 Å². The van der Waals surface area contributed by atoms with Crippen LogP contribution in [0.1, 0.15) is 25.7 Å². The molecule has 1 aliphatic heterocycles. The summed E-state index contributed by atoms with van der Waals surface area (Å²) in [5.41, 5.74) is 5.93. The summed E-state index contributed by atoms with van der Waals surface area (Å²) >= 11 is 5.80. The predicted octanol–water partition coefficient (Wildman–Crippen LogP) is 2.60. The average molecular weight is 296 g/mol. The average Bonchev–Trinajstić information content (AvgIpc) is 2.41. The third kappa shape index (κ3) is 3.87. The van der Waals surface area contributed by atoms with Gasteiger partial charge in [-0.15, -0.1) is 0 Å². The van der Waals surface area contributed by atoms with Gasteiger partial charge in [-0.3, -0.25) is 4.79 Å². The Morgan fingerprint density at radius 1 is 1.30 bits per heavy atom. The number of carbonyl (C=O) groups excluding carboxylic acids is 2. The van der Waals surface area contributed by atoms with E-state index in [1.54, 1.807) is 29.2 Å². The fourth-order valence-corrected chi connectivity index (χ4v) is 2.57. The minimum Gasteiger partial charge on any atom is -0.370 e. The highest BCUT2D eigenvalue weighted by Gasteiger charge is 2.27. The molecular formula is C14H18ClN3O2. The number of nitrogens with two attached hydrogens (primary N) is 1. The molecule has 20 heavy (non-hydrogen) atoms. The number of benzene rings is 1. The van der Waals surface area contributed by atoms with Crippen LogP contribution in [0.5, 0.6) is 0 Å². The standard InChI is InChI=1S/C14H18ClN3O2/c15-10-4-6-11(7-5-10)17-14(20)18-8-2-1-3-12(18)9-13(16)19/h4-7,12H,1-3,8-9H2,(H2,16,19)(H,17,20). The number of nitrogens with one attached hydrogen (secondary N) is 1. The van der Waals surface area contributed by atoms with Gasteiger partial charge in [0.15, 0.2) is 0 Å². The Kier molecular flexibility index (Phi) is 4.84. The highest BCUT2D eigenvalue weighted by atomic mass is 35.5. The lowest BCUT2D eigenvalue weighted by Crippen LogP contribution is -2.47. The first-order valence-electron chi connectivity index (χ1n) is 6.68. The maximum absolute atomic E-state index is 12.3. The molecule has 1 aromatic rings. The van der Waals surface area contributed by atoms with Crippen LogP contribution in [0, 0.1) is 0 Å². The third-order valence-electron chi connectivity index (χ3n) is 3.42. The molecule has 5 nitrogen and oxygen atoms in total. The molecule has 0 bridgehead atoms. The molecule has 1 heterocycles. The summed E-state index contributed by atoms with van der Waals surface area (Å²) in [6.07, 6.45) is 3.00. The summed E-state index contributed by atoms with van der Waals surface area (Å²) in [5.74, 6) is -0.374. The largest absolute Gasteiger partial charge is 0.370 e. The Labute approximate surface area is 123 Å². The maximum Gasteiger partial charge on any atom is 0.322 e. The molecule has 0 saturated carbocycles. The lowest BCUT2D eigenvalue weighted by Gasteiger charge is -2.35. The minimum atomic E-state index is -0.374. The Morgan fingerprint density at radius 2 is 2.00 bits per heavy atom. The third-order valence-corrected chi connectivity index (χ3v) is 3.67. The second-order valence-electron chi connectivity index (χ2n) is 4.95. The van der Waals surface area contributed by atoms with Crippen LogP contribution in [0.3, 0.4) is 0 Å². The second kappa shape index (κ2) is 6.61. The number of halogens is 1. The van der Waals surface area contributed by atoms with Gasteiger partial charge in [0.25, 0.3) is 0 Å². The molecular weight excluding hydrogens is 278 g/mol. The van der Waals surface area contributed by atoms with Crippen molar-refractivity contribution in [1.29, 1.82) is 0 Å². The summed E-state index contributed by atoms with van der Waals surface area (Å²) in [5, 5.41) is 3.44. The van der Waals surface area contributed by atoms with Crippen LogP contribution >= 0.6 is 11.6 Å². The van der Waals surface area contributed by atoms with E-state index in [4.69, 9.17) is 17.3 Å². The number of anilines is 1. The maximum atomic E-state index is 12.3. The van der Waals surface area contributed by atoms with E-state index in [-0.39, 0.29) is 24.4 Å². The fourth-order valence-electron chi connectivity index (χ4n) is 2.44. The first-order valence-corrected chi connectivity index (χ1v) is 7.05. The van der Waals surface area contributed by atoms with E-state index in [2.05, 4.69) is 5.32 Å². The molecule has 3 N–H and O–H groups in total. The molecule has 1 fully saturated rings. The molecule has 1 aliphatic rings. The molecule has 1 aromatic carbocycles. The first-order chi connectivity index (χ1) is 9.56. The smallest absolute Gasteiger partial charge is 0.322 e. The van der Waals surface area contributed by atoms with Gasteiger partial charge < -0.3 is 16.0 Å². The molecule has 1 saturated heterocycles. The van der Waals surface area contributed by atoms with Gasteiger partial charge in [0.2, 0.25) is 5.91 Å². The number of likely N-dealkylation sites (tertiary alicyclic amines) is 1. The number of primary amides is 1. The topological polar surface area (TPSA) is 75.4 Å². The van der Waals surface area contributed by atoms with Crippen molar-refractivity contribution < 1.29 is 9.59 Å². The van der Waals surface area contributed by atoms with Crippen molar-refractivity contribution in [3.05, 3.63) is 29.3 Å². The van der Waals surface area contributed by atoms with Crippen LogP contribution in [-0.4, -0.2) is 29.4 Å². The van der Waals surface area contributed by atoms with E-state index in [0.717, 1.165) is 19.3 Å². The normalized spacial score (nSPS) is 18.6. The Balaban J connectivity index is 2.01. The minimum absolute atomic E-state index is 0.103. The van der Waals surface area contributed by atoms with E-state index >= 15 is 0 Å². The van der Waals surface area contributed by atoms with Crippen LogP contribution < -0.4 is 11.1 Å². The van der Waals surface area contributed by atoms with Crippen LogP contribution in [0.15, 0.2) is 24.3 Å². The van der Waals surface area contributed by atoms with Gasteiger partial charge in [0.05, 0.1) is 0 Å². The quantitative estimate of drug-likeness (QED) is 0.899. The number of piperidine rings is 1. The van der Waals surface area contributed by atoms with Crippen LogP contribution in [0.4, 0.5) is 10.5 Å². The second-order valence-corrected chi connectivity index (χ2v) is 5.39. The molecule has 108 valence electrons. The number of rotatable bonds is 3. The molecule has 1 atom stereocenters. The Morgan fingerprint density at radius 3 is 2.65 bits per heavy atom. The number of urea groups is 1. The van der Waals surface area contributed by atoms with E-state index in [0.29, 0.717) is 17.3 Å². The van der Waals surface area contributed by atoms with E-state index in [1.165, 1.54) is 0 Å². The van der Waals surface area contributed by atoms with Crippen molar-refractivity contribution in [3.8, 4) is 0 Å². The van der Waals surface area contributed by atoms with Gasteiger partial charge in [0.1, 0.15) is 0 Å². The zero-order valence-electron chi connectivity index (χ0n) is 11.1. The highest BCUT2D eigenvalue weighted by molar-refractivity contribution is 6.30. The number of carbonyl (C=O) groups is 2. The van der Waals surface area contributed by atoms with Gasteiger partial charge >= 0.3 is 6.03 Å². The predicted molar refractivity (Wildman–Crippen MR) is 78.6 cm³/mol. The summed E-state index contributed by atoms with van der Waals surface area (Å²) < 4.78 is 0. The molecule has 0 aliphatic carbocycles. The lowest BCUT2D eigenvalue weighted by atomic mass is 9.99. The van der Waals surface area contributed by atoms with Crippen LogP contribution in [-0.2, 0) is 4.79 Å². The van der Waals surface area contributed by atoms with Crippen molar-refractivity contribution >= 4 is 29.2 Å². The molecule has 0 radical (unpaired) electrons. The molecule has 0 aromatic heterocycles. The number of hydrogen-bond acceptors (Lipinski definition) is 2. The van der Waals surface area contributed by atoms with Gasteiger partial charge in [-0.05, 0) is 43.5 Å². The monoisotopic (exact) mass is 295 g/mol. The van der Waals surface area contributed by atoms with Crippen molar-refractivity contribution in [3.63, 3.8) is 0 Å². The number of amides is 3. The van der Waals surface area contributed by atoms with Gasteiger partial charge in [-0.1, -0.05) is 11.6 Å². The van der Waals surface area contributed by atoms with E-state index < -0.39 is 0 Å². The molecule has 1 unspecified atom stereocenters. The highest BCUT2D eigenvalue weighted by Crippen LogP contribution is 2.21. The SMILES string of the molecule is NC(=O)CC1CCCCN1C(=O)Nc1ccc(Cl)cc1. The zero-order chi connectivity index (χ0) is 14.5. The van der Waals surface area contributed by atoms with E-state index in [1.807, 2.05) is 0 Å². The summed E-state index contributed by atoms with van der Waals surface area (Å²) in [6, 6.07) is 6.62. The number of nitrogens with zero attached hydrogens (tertiary/aromatic N) is 1. The van der Waals surface area contributed by atoms with Crippen LogP contribution in [0.25, 0.3) is 0 Å². The molecule has 0 spiro atoms. The summed E-state index contributed by atoms with van der Waals surface area (Å²) in [6.45, 7) is 0.650. The summed E-state index contributed by atoms with van der Waals surface area (Å²) in [7, 11) is 0. The van der Waals surface area contributed by atoms with Crippen molar-refractivity contribution in [2.75, 3.05) is 11.9 Å². The zero-order valence-corrected chi connectivity index (χ0v) is 11.9. The summed E-state index contributed by atoms with van der Waals surface area (Å²) in [4.78, 5) is 25.1. The number of hydrogen-bond donors (Lipinski definition) is 2.